The number of hydrogen-bond donors (Lipinski definition) is 3. The maximum atomic E-state index is 11.4. The van der Waals surface area contributed by atoms with E-state index in [-0.39, 0.29) is 0 Å². The molecule has 0 aromatic rings. The molecule has 0 aromatic carbocycles. The number of amides is 1. The molecule has 3 atom stereocenters. The van der Waals surface area contributed by atoms with Crippen LogP contribution in [0.3, 0.4) is 0 Å². The maximum absolute atomic E-state index is 11.4. The zero-order valence-corrected chi connectivity index (χ0v) is 9.48. The first-order valence-electron chi connectivity index (χ1n) is 5.62. The van der Waals surface area contributed by atoms with Crippen molar-refractivity contribution >= 4 is 11.9 Å². The number of nitrogens with two attached hydrogens (primary N) is 1. The van der Waals surface area contributed by atoms with Crippen LogP contribution in [-0.2, 0) is 9.59 Å². The second-order valence-corrected chi connectivity index (χ2v) is 4.68. The van der Waals surface area contributed by atoms with Crippen molar-refractivity contribution in [1.29, 1.82) is 0 Å². The van der Waals surface area contributed by atoms with Crippen LogP contribution >= 0.6 is 0 Å². The van der Waals surface area contributed by atoms with E-state index >= 15 is 0 Å². The molecule has 1 aliphatic rings. The summed E-state index contributed by atoms with van der Waals surface area (Å²) < 4.78 is 0. The number of rotatable bonds is 3. The van der Waals surface area contributed by atoms with Crippen molar-refractivity contribution in [1.82, 2.24) is 0 Å². The Balaban J connectivity index is 3.00. The van der Waals surface area contributed by atoms with Crippen molar-refractivity contribution in [3.8, 4) is 0 Å². The molecule has 16 heavy (non-hydrogen) atoms. The standard InChI is InChI=1S/C11H19NO4/c1-11(9(12)14,10(15)16)7-5-3-2-4-6-8(7)13/h7-8,13H,2-6H2,1H3,(H2,12,14)(H,15,16). The molecule has 0 heterocycles. The van der Waals surface area contributed by atoms with Crippen LogP contribution in [0, 0.1) is 11.3 Å². The summed E-state index contributed by atoms with van der Waals surface area (Å²) in [5.41, 5.74) is 3.52. The fourth-order valence-electron chi connectivity index (χ4n) is 2.41. The number of carboxylic acid groups (broad SMARTS) is 1. The maximum Gasteiger partial charge on any atom is 0.319 e. The van der Waals surface area contributed by atoms with Gasteiger partial charge in [0, 0.05) is 5.92 Å². The van der Waals surface area contributed by atoms with Gasteiger partial charge < -0.3 is 15.9 Å². The normalized spacial score (nSPS) is 30.1. The quantitative estimate of drug-likeness (QED) is 0.484. The second kappa shape index (κ2) is 4.82. The summed E-state index contributed by atoms with van der Waals surface area (Å²) in [5, 5.41) is 19.1. The van der Waals surface area contributed by atoms with Crippen LogP contribution in [0.2, 0.25) is 0 Å². The topological polar surface area (TPSA) is 101 Å². The molecule has 1 fully saturated rings. The average molecular weight is 229 g/mol. The van der Waals surface area contributed by atoms with Gasteiger partial charge in [0.15, 0.2) is 0 Å². The fourth-order valence-corrected chi connectivity index (χ4v) is 2.41. The summed E-state index contributed by atoms with van der Waals surface area (Å²) in [7, 11) is 0. The van der Waals surface area contributed by atoms with Crippen LogP contribution in [0.15, 0.2) is 0 Å². The van der Waals surface area contributed by atoms with Gasteiger partial charge in [-0.05, 0) is 19.8 Å². The monoisotopic (exact) mass is 229 g/mol. The van der Waals surface area contributed by atoms with Crippen LogP contribution in [0.1, 0.15) is 39.0 Å². The summed E-state index contributed by atoms with van der Waals surface area (Å²) in [6.45, 7) is 1.32. The first-order chi connectivity index (χ1) is 7.40. The zero-order chi connectivity index (χ0) is 12.3. The van der Waals surface area contributed by atoms with E-state index in [4.69, 9.17) is 10.8 Å². The molecular weight excluding hydrogens is 210 g/mol. The Hall–Kier alpha value is -1.10. The molecule has 0 aliphatic heterocycles. The summed E-state index contributed by atoms with van der Waals surface area (Å²) in [4.78, 5) is 22.6. The highest BCUT2D eigenvalue weighted by Gasteiger charge is 2.49. The van der Waals surface area contributed by atoms with Gasteiger partial charge in [0.1, 0.15) is 5.41 Å². The van der Waals surface area contributed by atoms with Gasteiger partial charge >= 0.3 is 5.97 Å². The van der Waals surface area contributed by atoms with Crippen molar-refractivity contribution < 1.29 is 19.8 Å². The summed E-state index contributed by atoms with van der Waals surface area (Å²) in [6.07, 6.45) is 2.98. The number of primary amides is 1. The minimum atomic E-state index is -1.66. The number of aliphatic carboxylic acids is 1. The Morgan fingerprint density at radius 2 is 1.81 bits per heavy atom. The van der Waals surface area contributed by atoms with Gasteiger partial charge in [-0.1, -0.05) is 19.3 Å². The van der Waals surface area contributed by atoms with Gasteiger partial charge in [-0.3, -0.25) is 9.59 Å². The Labute approximate surface area is 94.6 Å². The number of carbonyl (C=O) groups excluding carboxylic acids is 1. The molecule has 5 nitrogen and oxygen atoms in total. The Kier molecular flexibility index (Phi) is 3.91. The first kappa shape index (κ1) is 13.0. The van der Waals surface area contributed by atoms with Crippen LogP contribution in [0.5, 0.6) is 0 Å². The second-order valence-electron chi connectivity index (χ2n) is 4.68. The van der Waals surface area contributed by atoms with Crippen molar-refractivity contribution in [3.05, 3.63) is 0 Å². The van der Waals surface area contributed by atoms with Gasteiger partial charge in [-0.15, -0.1) is 0 Å². The third-order valence-corrected chi connectivity index (χ3v) is 3.68. The first-order valence-corrected chi connectivity index (χ1v) is 5.62. The van der Waals surface area contributed by atoms with E-state index in [0.717, 1.165) is 19.3 Å². The van der Waals surface area contributed by atoms with E-state index in [1.165, 1.54) is 6.92 Å². The molecule has 1 saturated carbocycles. The summed E-state index contributed by atoms with van der Waals surface area (Å²) in [6, 6.07) is 0. The average Bonchev–Trinajstić information content (AvgIpc) is 2.41. The van der Waals surface area contributed by atoms with Gasteiger partial charge in [0.2, 0.25) is 5.91 Å². The molecule has 1 amide bonds. The Morgan fingerprint density at radius 3 is 2.31 bits per heavy atom. The number of aliphatic hydroxyl groups excluding tert-OH is 1. The highest BCUT2D eigenvalue weighted by molar-refractivity contribution is 6.01. The number of carbonyl (C=O) groups is 2. The smallest absolute Gasteiger partial charge is 0.319 e. The lowest BCUT2D eigenvalue weighted by atomic mass is 9.71. The van der Waals surface area contributed by atoms with E-state index in [1.54, 1.807) is 0 Å². The molecule has 1 rings (SSSR count). The molecule has 92 valence electrons. The van der Waals surface area contributed by atoms with E-state index in [1.807, 2.05) is 0 Å². The number of hydrogen-bond acceptors (Lipinski definition) is 3. The molecule has 1 aliphatic carbocycles. The van der Waals surface area contributed by atoms with Crippen LogP contribution in [-0.4, -0.2) is 28.2 Å². The minimum absolute atomic E-state index is 0.535. The van der Waals surface area contributed by atoms with Crippen molar-refractivity contribution in [3.63, 3.8) is 0 Å². The third-order valence-electron chi connectivity index (χ3n) is 3.68. The van der Waals surface area contributed by atoms with Crippen molar-refractivity contribution in [2.24, 2.45) is 17.1 Å². The highest BCUT2D eigenvalue weighted by Crippen LogP contribution is 2.38. The Morgan fingerprint density at radius 1 is 1.25 bits per heavy atom. The molecule has 0 bridgehead atoms. The van der Waals surface area contributed by atoms with Gasteiger partial charge in [0.25, 0.3) is 0 Å². The molecule has 0 spiro atoms. The number of carboxylic acids is 1. The van der Waals surface area contributed by atoms with Gasteiger partial charge in [-0.2, -0.15) is 0 Å². The molecule has 3 unspecified atom stereocenters. The summed E-state index contributed by atoms with van der Waals surface area (Å²) in [5.74, 6) is -2.69. The lowest BCUT2D eigenvalue weighted by Crippen LogP contribution is -2.50. The minimum Gasteiger partial charge on any atom is -0.480 e. The summed E-state index contributed by atoms with van der Waals surface area (Å²) >= 11 is 0. The Bertz CT molecular complexity index is 276. The molecule has 5 heteroatoms. The van der Waals surface area contributed by atoms with Gasteiger partial charge in [-0.25, -0.2) is 0 Å². The number of aliphatic hydroxyl groups is 1. The molecule has 0 aromatic heterocycles. The predicted molar refractivity (Wildman–Crippen MR) is 57.5 cm³/mol. The van der Waals surface area contributed by atoms with Gasteiger partial charge in [0.05, 0.1) is 6.10 Å². The van der Waals surface area contributed by atoms with Crippen LogP contribution in [0.4, 0.5) is 0 Å². The molecule has 0 saturated heterocycles. The van der Waals surface area contributed by atoms with E-state index < -0.39 is 29.3 Å². The van der Waals surface area contributed by atoms with Crippen LogP contribution in [0.25, 0.3) is 0 Å². The zero-order valence-electron chi connectivity index (χ0n) is 9.48. The highest BCUT2D eigenvalue weighted by atomic mass is 16.4. The van der Waals surface area contributed by atoms with E-state index in [9.17, 15) is 14.7 Å². The van der Waals surface area contributed by atoms with E-state index in [0.29, 0.717) is 12.8 Å². The van der Waals surface area contributed by atoms with Crippen LogP contribution < -0.4 is 5.73 Å². The lowest BCUT2D eigenvalue weighted by molar-refractivity contribution is -0.161. The molecular formula is C11H19NO4. The molecule has 4 N–H and O–H groups in total. The molecule has 0 radical (unpaired) electrons. The SMILES string of the molecule is CC(C(N)=O)(C(=O)O)C1CCCCCC1O. The van der Waals surface area contributed by atoms with Crippen molar-refractivity contribution in [2.45, 2.75) is 45.1 Å². The van der Waals surface area contributed by atoms with E-state index in [2.05, 4.69) is 0 Å². The largest absolute Gasteiger partial charge is 0.480 e. The third kappa shape index (κ3) is 2.19. The lowest BCUT2D eigenvalue weighted by Gasteiger charge is -2.33. The predicted octanol–water partition coefficient (Wildman–Crippen LogP) is 0.504. The fraction of sp³-hybridized carbons (Fsp3) is 0.818. The van der Waals surface area contributed by atoms with Crippen molar-refractivity contribution in [2.75, 3.05) is 0 Å².